The molecule has 1 aromatic heterocycles. The molecule has 74 valence electrons. The minimum atomic E-state index is 0.353. The summed E-state index contributed by atoms with van der Waals surface area (Å²) < 4.78 is 0.501. The number of aromatic nitrogens is 2. The first-order valence-corrected chi connectivity index (χ1v) is 4.60. The lowest BCUT2D eigenvalue weighted by molar-refractivity contribution is 1.10. The van der Waals surface area contributed by atoms with Crippen LogP contribution in [-0.4, -0.2) is 17.0 Å². The Morgan fingerprint density at radius 2 is 2.00 bits per heavy atom. The van der Waals surface area contributed by atoms with Crippen LogP contribution in [0.25, 0.3) is 0 Å². The van der Waals surface area contributed by atoms with Gasteiger partial charge in [0.25, 0.3) is 0 Å². The molecule has 5 heteroatoms. The SMILES string of the molecule is CC.CNc1c(C)[nH]c(N)nc1=S. The van der Waals surface area contributed by atoms with E-state index in [-0.39, 0.29) is 0 Å². The summed E-state index contributed by atoms with van der Waals surface area (Å²) >= 11 is 4.95. The van der Waals surface area contributed by atoms with Crippen molar-refractivity contribution < 1.29 is 0 Å². The molecule has 0 fully saturated rings. The Morgan fingerprint density at radius 1 is 1.46 bits per heavy atom. The highest BCUT2D eigenvalue weighted by atomic mass is 32.1. The van der Waals surface area contributed by atoms with Crippen molar-refractivity contribution in [3.63, 3.8) is 0 Å². The Hall–Kier alpha value is -1.10. The Labute approximate surface area is 83.6 Å². The number of H-pyrrole nitrogens is 1. The van der Waals surface area contributed by atoms with Gasteiger partial charge in [-0.2, -0.15) is 0 Å². The van der Waals surface area contributed by atoms with Crippen molar-refractivity contribution in [1.29, 1.82) is 0 Å². The third-order valence-electron chi connectivity index (χ3n) is 1.38. The number of hydrogen-bond donors (Lipinski definition) is 3. The van der Waals surface area contributed by atoms with Gasteiger partial charge in [0.1, 0.15) is 0 Å². The van der Waals surface area contributed by atoms with Crippen molar-refractivity contribution in [2.45, 2.75) is 20.8 Å². The van der Waals surface area contributed by atoms with Gasteiger partial charge < -0.3 is 16.0 Å². The highest BCUT2D eigenvalue weighted by molar-refractivity contribution is 7.71. The van der Waals surface area contributed by atoms with Gasteiger partial charge >= 0.3 is 0 Å². The Balaban J connectivity index is 0.000000671. The van der Waals surface area contributed by atoms with Crippen LogP contribution in [0.1, 0.15) is 19.5 Å². The van der Waals surface area contributed by atoms with E-state index >= 15 is 0 Å². The fourth-order valence-electron chi connectivity index (χ4n) is 0.903. The Bertz CT molecular complexity index is 318. The number of nitrogens with zero attached hydrogens (tertiary/aromatic N) is 1. The van der Waals surface area contributed by atoms with Gasteiger partial charge in [0, 0.05) is 12.7 Å². The van der Waals surface area contributed by atoms with Crippen LogP contribution in [0.4, 0.5) is 11.6 Å². The molecule has 1 aromatic rings. The van der Waals surface area contributed by atoms with E-state index in [1.807, 2.05) is 20.8 Å². The van der Waals surface area contributed by atoms with Crippen molar-refractivity contribution in [3.05, 3.63) is 10.3 Å². The maximum atomic E-state index is 5.42. The van der Waals surface area contributed by atoms with E-state index in [1.165, 1.54) is 0 Å². The summed E-state index contributed by atoms with van der Waals surface area (Å²) in [6, 6.07) is 0. The molecule has 0 bridgehead atoms. The summed E-state index contributed by atoms with van der Waals surface area (Å²) in [5.41, 5.74) is 7.16. The minimum Gasteiger partial charge on any atom is -0.384 e. The third-order valence-corrected chi connectivity index (χ3v) is 1.67. The van der Waals surface area contributed by atoms with Gasteiger partial charge in [0.05, 0.1) is 5.69 Å². The monoisotopic (exact) mass is 200 g/mol. The van der Waals surface area contributed by atoms with E-state index in [0.29, 0.717) is 10.6 Å². The molecular formula is C8H16N4S. The van der Waals surface area contributed by atoms with Gasteiger partial charge in [-0.25, -0.2) is 4.98 Å². The molecule has 0 aliphatic heterocycles. The van der Waals surface area contributed by atoms with Crippen LogP contribution in [0.5, 0.6) is 0 Å². The molecule has 0 atom stereocenters. The van der Waals surface area contributed by atoms with Crippen LogP contribution in [0.15, 0.2) is 0 Å². The molecule has 0 aliphatic rings. The molecule has 0 aliphatic carbocycles. The standard InChI is InChI=1S/C6H10N4S.C2H6/c1-3-4(8-2)5(11)10-6(7)9-3;1-2/h8H,1-2H3,(H3,7,9,10,11);1-2H3. The summed E-state index contributed by atoms with van der Waals surface area (Å²) in [4.78, 5) is 6.75. The topological polar surface area (TPSA) is 66.7 Å². The molecular weight excluding hydrogens is 184 g/mol. The predicted octanol–water partition coefficient (Wildman–Crippen LogP) is 2.10. The van der Waals surface area contributed by atoms with Gasteiger partial charge in [-0.05, 0) is 6.92 Å². The average molecular weight is 200 g/mol. The molecule has 4 N–H and O–H groups in total. The average Bonchev–Trinajstić information content (AvgIpc) is 2.07. The molecule has 1 heterocycles. The van der Waals surface area contributed by atoms with Crippen molar-refractivity contribution in [2.75, 3.05) is 18.1 Å². The third kappa shape index (κ3) is 3.02. The second-order valence-electron chi connectivity index (χ2n) is 2.18. The van der Waals surface area contributed by atoms with Gasteiger partial charge in [0.2, 0.25) is 0 Å². The number of nitrogens with two attached hydrogens (primary N) is 1. The first-order valence-electron chi connectivity index (χ1n) is 4.19. The number of aromatic amines is 1. The van der Waals surface area contributed by atoms with Gasteiger partial charge in [0.15, 0.2) is 10.6 Å². The number of nitrogen functional groups attached to an aromatic ring is 1. The zero-order valence-corrected chi connectivity index (χ0v) is 9.25. The highest BCUT2D eigenvalue weighted by Gasteiger charge is 1.99. The zero-order valence-electron chi connectivity index (χ0n) is 8.43. The molecule has 1 rings (SSSR count). The van der Waals surface area contributed by atoms with Crippen LogP contribution < -0.4 is 11.1 Å². The number of nitrogens with one attached hydrogen (secondary N) is 2. The van der Waals surface area contributed by atoms with E-state index in [4.69, 9.17) is 18.0 Å². The van der Waals surface area contributed by atoms with E-state index < -0.39 is 0 Å². The van der Waals surface area contributed by atoms with Crippen LogP contribution in [0.2, 0.25) is 0 Å². The van der Waals surface area contributed by atoms with Crippen molar-refractivity contribution in [1.82, 2.24) is 9.97 Å². The van der Waals surface area contributed by atoms with E-state index in [9.17, 15) is 0 Å². The molecule has 0 radical (unpaired) electrons. The van der Waals surface area contributed by atoms with Crippen LogP contribution >= 0.6 is 12.2 Å². The quantitative estimate of drug-likeness (QED) is 0.607. The molecule has 0 aromatic carbocycles. The lowest BCUT2D eigenvalue weighted by atomic mass is 10.4. The van der Waals surface area contributed by atoms with Crippen LogP contribution in [0.3, 0.4) is 0 Å². The number of rotatable bonds is 1. The lowest BCUT2D eigenvalue weighted by Crippen LogP contribution is -2.02. The van der Waals surface area contributed by atoms with E-state index in [2.05, 4.69) is 15.3 Å². The van der Waals surface area contributed by atoms with Gasteiger partial charge in [-0.1, -0.05) is 26.1 Å². The second-order valence-corrected chi connectivity index (χ2v) is 2.56. The second kappa shape index (κ2) is 5.53. The number of aryl methyl sites for hydroxylation is 1. The molecule has 0 saturated carbocycles. The van der Waals surface area contributed by atoms with Crippen LogP contribution in [-0.2, 0) is 0 Å². The molecule has 0 spiro atoms. The van der Waals surface area contributed by atoms with E-state index in [1.54, 1.807) is 7.05 Å². The van der Waals surface area contributed by atoms with Gasteiger partial charge in [-0.3, -0.25) is 0 Å². The lowest BCUT2D eigenvalue weighted by Gasteiger charge is -2.04. The maximum absolute atomic E-state index is 5.42. The van der Waals surface area contributed by atoms with Crippen LogP contribution in [0, 0.1) is 11.6 Å². The normalized spacial score (nSPS) is 8.62. The number of anilines is 2. The summed E-state index contributed by atoms with van der Waals surface area (Å²) in [7, 11) is 1.80. The highest BCUT2D eigenvalue weighted by Crippen LogP contribution is 2.12. The molecule has 0 amide bonds. The summed E-state index contributed by atoms with van der Waals surface area (Å²) in [5.74, 6) is 0.353. The Kier molecular flexibility index (Phi) is 5.06. The molecule has 0 unspecified atom stereocenters. The maximum Gasteiger partial charge on any atom is 0.199 e. The fraction of sp³-hybridized carbons (Fsp3) is 0.500. The van der Waals surface area contributed by atoms with Crippen molar-refractivity contribution in [2.24, 2.45) is 0 Å². The summed E-state index contributed by atoms with van der Waals surface area (Å²) in [6.45, 7) is 5.89. The Morgan fingerprint density at radius 3 is 2.38 bits per heavy atom. The first-order chi connectivity index (χ1) is 6.15. The largest absolute Gasteiger partial charge is 0.384 e. The molecule has 4 nitrogen and oxygen atoms in total. The van der Waals surface area contributed by atoms with Crippen molar-refractivity contribution >= 4 is 23.9 Å². The minimum absolute atomic E-state index is 0.353. The predicted molar refractivity (Wildman–Crippen MR) is 59.5 cm³/mol. The molecule has 13 heavy (non-hydrogen) atoms. The van der Waals surface area contributed by atoms with E-state index in [0.717, 1.165) is 11.4 Å². The zero-order chi connectivity index (χ0) is 10.4. The summed E-state index contributed by atoms with van der Waals surface area (Å²) in [5, 5.41) is 2.94. The number of hydrogen-bond acceptors (Lipinski definition) is 4. The van der Waals surface area contributed by atoms with Gasteiger partial charge in [-0.15, -0.1) is 0 Å². The first kappa shape index (κ1) is 11.9. The smallest absolute Gasteiger partial charge is 0.199 e. The fourth-order valence-corrected chi connectivity index (χ4v) is 1.26. The van der Waals surface area contributed by atoms with Crippen molar-refractivity contribution in [3.8, 4) is 0 Å². The summed E-state index contributed by atoms with van der Waals surface area (Å²) in [6.07, 6.45) is 0. The molecule has 0 saturated heterocycles.